The highest BCUT2D eigenvalue weighted by Crippen LogP contribution is 2.40. The Morgan fingerprint density at radius 2 is 1.88 bits per heavy atom. The highest BCUT2D eigenvalue weighted by Gasteiger charge is 2.48. The van der Waals surface area contributed by atoms with Gasteiger partial charge in [0, 0.05) is 49.4 Å². The minimum absolute atomic E-state index is 0.00192. The maximum absolute atomic E-state index is 13.1. The van der Waals surface area contributed by atoms with Crippen molar-refractivity contribution in [1.29, 1.82) is 0 Å². The average Bonchev–Trinajstić information content (AvgIpc) is 3.21. The highest BCUT2D eigenvalue weighted by atomic mass is 32.2. The van der Waals surface area contributed by atoms with E-state index >= 15 is 0 Å². The molecule has 2 aromatic rings. The van der Waals surface area contributed by atoms with Crippen molar-refractivity contribution in [2.75, 3.05) is 0 Å². The van der Waals surface area contributed by atoms with Crippen LogP contribution in [0.2, 0.25) is 0 Å². The van der Waals surface area contributed by atoms with Gasteiger partial charge < -0.3 is 9.30 Å². The van der Waals surface area contributed by atoms with E-state index in [1.165, 1.54) is 0 Å². The largest absolute Gasteiger partial charge is 0.474 e. The molecule has 2 unspecified atom stereocenters. The highest BCUT2D eigenvalue weighted by molar-refractivity contribution is 7.89. The van der Waals surface area contributed by atoms with Crippen LogP contribution < -0.4 is 4.74 Å². The molecule has 0 saturated carbocycles. The Kier molecular flexibility index (Phi) is 4.48. The van der Waals surface area contributed by atoms with Crippen molar-refractivity contribution in [1.82, 2.24) is 18.8 Å². The van der Waals surface area contributed by atoms with Crippen molar-refractivity contribution in [2.45, 2.75) is 68.8 Å². The fraction of sp³-hybridized carbons (Fsp3) is 0.556. The van der Waals surface area contributed by atoms with Crippen molar-refractivity contribution in [3.63, 3.8) is 0 Å². The molecule has 7 nitrogen and oxygen atoms in total. The molecular formula is C18H24N4O3S. The van der Waals surface area contributed by atoms with Crippen LogP contribution in [-0.4, -0.2) is 45.4 Å². The number of ether oxygens (including phenoxy) is 1. The third-order valence-corrected chi connectivity index (χ3v) is 7.15. The van der Waals surface area contributed by atoms with Crippen LogP contribution in [0, 0.1) is 0 Å². The van der Waals surface area contributed by atoms with Gasteiger partial charge in [-0.1, -0.05) is 6.07 Å². The van der Waals surface area contributed by atoms with Gasteiger partial charge in [0.25, 0.3) is 10.0 Å². The smallest absolute Gasteiger partial charge is 0.262 e. The van der Waals surface area contributed by atoms with E-state index in [4.69, 9.17) is 4.74 Å². The van der Waals surface area contributed by atoms with Gasteiger partial charge in [-0.3, -0.25) is 0 Å². The molecule has 140 valence electrons. The molecule has 8 heteroatoms. The molecule has 4 rings (SSSR count). The molecule has 2 aliphatic heterocycles. The van der Waals surface area contributed by atoms with E-state index in [0.717, 1.165) is 12.8 Å². The Balaban J connectivity index is 1.52. The first-order chi connectivity index (χ1) is 12.4. The van der Waals surface area contributed by atoms with Gasteiger partial charge in [-0.25, -0.2) is 18.4 Å². The Bertz CT molecular complexity index is 852. The molecule has 26 heavy (non-hydrogen) atoms. The Morgan fingerprint density at radius 3 is 2.46 bits per heavy atom. The number of nitrogens with zero attached hydrogens (tertiary/aromatic N) is 4. The number of fused-ring (bicyclic) bond motifs is 2. The van der Waals surface area contributed by atoms with Crippen molar-refractivity contribution in [3.05, 3.63) is 36.9 Å². The van der Waals surface area contributed by atoms with E-state index in [0.29, 0.717) is 18.7 Å². The summed E-state index contributed by atoms with van der Waals surface area (Å²) in [6.07, 6.45) is 8.06. The van der Waals surface area contributed by atoms with E-state index in [2.05, 4.69) is 9.97 Å². The topological polar surface area (TPSA) is 77.3 Å². The number of sulfonamides is 1. The molecule has 2 aliphatic rings. The van der Waals surface area contributed by atoms with Crippen LogP contribution >= 0.6 is 0 Å². The zero-order valence-electron chi connectivity index (χ0n) is 15.0. The van der Waals surface area contributed by atoms with Gasteiger partial charge in [0.1, 0.15) is 6.10 Å². The first kappa shape index (κ1) is 17.5. The van der Waals surface area contributed by atoms with Crippen LogP contribution in [0.25, 0.3) is 0 Å². The number of pyridine rings is 1. The number of hydrogen-bond acceptors (Lipinski definition) is 5. The average molecular weight is 376 g/mol. The Labute approximate surface area is 154 Å². The van der Waals surface area contributed by atoms with Crippen LogP contribution in [0.15, 0.2) is 41.9 Å². The summed E-state index contributed by atoms with van der Waals surface area (Å²) in [7, 11) is -3.58. The molecule has 2 aromatic heterocycles. The summed E-state index contributed by atoms with van der Waals surface area (Å²) in [6.45, 7) is 4.00. The number of rotatable bonds is 5. The molecule has 0 spiro atoms. The maximum atomic E-state index is 13.1. The molecule has 4 heterocycles. The summed E-state index contributed by atoms with van der Waals surface area (Å²) in [4.78, 5) is 8.37. The van der Waals surface area contributed by atoms with Crippen molar-refractivity contribution in [3.8, 4) is 5.88 Å². The summed E-state index contributed by atoms with van der Waals surface area (Å²) in [5.74, 6) is 0.601. The molecule has 0 aliphatic carbocycles. The maximum Gasteiger partial charge on any atom is 0.262 e. The third kappa shape index (κ3) is 3.12. The lowest BCUT2D eigenvalue weighted by atomic mass is 10.0. The zero-order chi connectivity index (χ0) is 18.3. The van der Waals surface area contributed by atoms with Crippen LogP contribution in [0.1, 0.15) is 45.6 Å². The lowest BCUT2D eigenvalue weighted by molar-refractivity contribution is 0.0917. The van der Waals surface area contributed by atoms with Gasteiger partial charge in [0.05, 0.1) is 6.33 Å². The first-order valence-corrected chi connectivity index (χ1v) is 10.5. The number of piperidine rings is 1. The minimum atomic E-state index is -3.58. The molecule has 0 amide bonds. The number of aromatic nitrogens is 3. The monoisotopic (exact) mass is 376 g/mol. The molecule has 2 atom stereocenters. The fourth-order valence-corrected chi connectivity index (χ4v) is 5.82. The van der Waals surface area contributed by atoms with E-state index < -0.39 is 10.0 Å². The summed E-state index contributed by atoms with van der Waals surface area (Å²) < 4.78 is 35.8. The standard InChI is InChI=1S/C18H24N4O3S/c1-13(2)21-11-18(20-12-21)26(23,24)22-14-6-7-15(22)10-16(9-14)25-17-5-3-4-8-19-17/h3-5,8,11-16H,6-7,9-10H2,1-2H3. The summed E-state index contributed by atoms with van der Waals surface area (Å²) in [5, 5.41) is 0.146. The van der Waals surface area contributed by atoms with Crippen LogP contribution in [-0.2, 0) is 10.0 Å². The number of hydrogen-bond donors (Lipinski definition) is 0. The van der Waals surface area contributed by atoms with Gasteiger partial charge in [-0.2, -0.15) is 4.31 Å². The van der Waals surface area contributed by atoms with Gasteiger partial charge in [0.2, 0.25) is 5.88 Å². The molecular weight excluding hydrogens is 352 g/mol. The second-order valence-corrected chi connectivity index (χ2v) is 9.14. The van der Waals surface area contributed by atoms with E-state index in [9.17, 15) is 8.42 Å². The van der Waals surface area contributed by atoms with Crippen LogP contribution in [0.3, 0.4) is 0 Å². The van der Waals surface area contributed by atoms with Crippen molar-refractivity contribution in [2.24, 2.45) is 0 Å². The molecule has 0 aromatic carbocycles. The Hall–Kier alpha value is -1.93. The van der Waals surface area contributed by atoms with Crippen molar-refractivity contribution < 1.29 is 13.2 Å². The second-order valence-electron chi connectivity index (χ2n) is 7.35. The lowest BCUT2D eigenvalue weighted by Crippen LogP contribution is -2.49. The fourth-order valence-electron chi connectivity index (χ4n) is 4.00. The minimum Gasteiger partial charge on any atom is -0.474 e. The van der Waals surface area contributed by atoms with E-state index in [1.807, 2.05) is 36.6 Å². The van der Waals surface area contributed by atoms with Crippen LogP contribution in [0.5, 0.6) is 5.88 Å². The number of imidazole rings is 1. The molecule has 2 bridgehead atoms. The van der Waals surface area contributed by atoms with E-state index in [1.54, 1.807) is 23.0 Å². The van der Waals surface area contributed by atoms with Gasteiger partial charge >= 0.3 is 0 Å². The first-order valence-electron chi connectivity index (χ1n) is 9.10. The zero-order valence-corrected chi connectivity index (χ0v) is 15.8. The van der Waals surface area contributed by atoms with Gasteiger partial charge in [0.15, 0.2) is 5.03 Å². The summed E-state index contributed by atoms with van der Waals surface area (Å²) in [5.41, 5.74) is 0. The summed E-state index contributed by atoms with van der Waals surface area (Å²) in [6, 6.07) is 5.70. The predicted octanol–water partition coefficient (Wildman–Crippen LogP) is 2.62. The van der Waals surface area contributed by atoms with Crippen molar-refractivity contribution >= 4 is 10.0 Å². The van der Waals surface area contributed by atoms with Crippen LogP contribution in [0.4, 0.5) is 0 Å². The molecule has 2 fully saturated rings. The van der Waals surface area contributed by atoms with E-state index in [-0.39, 0.29) is 29.3 Å². The predicted molar refractivity (Wildman–Crippen MR) is 96.3 cm³/mol. The Morgan fingerprint density at radius 1 is 1.15 bits per heavy atom. The molecule has 2 saturated heterocycles. The summed E-state index contributed by atoms with van der Waals surface area (Å²) >= 11 is 0. The second kappa shape index (κ2) is 6.66. The molecule has 0 radical (unpaired) electrons. The molecule has 0 N–H and O–H groups in total. The normalized spacial score (nSPS) is 26.3. The van der Waals surface area contributed by atoms with Gasteiger partial charge in [-0.15, -0.1) is 0 Å². The lowest BCUT2D eigenvalue weighted by Gasteiger charge is -2.37. The van der Waals surface area contributed by atoms with Gasteiger partial charge in [-0.05, 0) is 32.8 Å². The third-order valence-electron chi connectivity index (χ3n) is 5.26. The SMILES string of the molecule is CC(C)n1cnc(S(=O)(=O)N2C3CCC2CC(Oc2ccccn2)C3)c1. The quantitative estimate of drug-likeness (QED) is 0.802.